The van der Waals surface area contributed by atoms with Crippen LogP contribution in [0.15, 0.2) is 24.3 Å². The van der Waals surface area contributed by atoms with E-state index in [9.17, 15) is 9.18 Å². The number of rotatable bonds is 3. The van der Waals surface area contributed by atoms with Crippen LogP contribution in [0, 0.1) is 11.2 Å². The Morgan fingerprint density at radius 1 is 1.56 bits per heavy atom. The average Bonchev–Trinajstić information content (AvgIpc) is 2.78. The Bertz CT molecular complexity index is 397. The molecule has 0 aliphatic carbocycles. The summed E-state index contributed by atoms with van der Waals surface area (Å²) in [7, 11) is 0. The van der Waals surface area contributed by atoms with Gasteiger partial charge in [-0.15, -0.1) is 0 Å². The number of Topliss-reactive ketones (excluding diaryl/α,β-unsaturated/α-hetero) is 1. The third-order valence-corrected chi connectivity index (χ3v) is 3.49. The van der Waals surface area contributed by atoms with Crippen LogP contribution in [0.2, 0.25) is 0 Å². The molecule has 1 aliphatic heterocycles. The fourth-order valence-electron chi connectivity index (χ4n) is 2.34. The van der Waals surface area contributed by atoms with E-state index in [1.54, 1.807) is 12.1 Å². The van der Waals surface area contributed by atoms with Crippen LogP contribution in [0.4, 0.5) is 4.39 Å². The molecular formula is C13H16FNO. The number of carbonyl (C=O) groups is 1. The molecule has 1 unspecified atom stereocenters. The van der Waals surface area contributed by atoms with E-state index in [1.807, 2.05) is 6.92 Å². The Morgan fingerprint density at radius 2 is 2.38 bits per heavy atom. The molecule has 2 rings (SSSR count). The molecule has 0 aromatic heterocycles. The Hall–Kier alpha value is -1.22. The van der Waals surface area contributed by atoms with Gasteiger partial charge in [-0.2, -0.15) is 0 Å². The van der Waals surface area contributed by atoms with Gasteiger partial charge < -0.3 is 5.32 Å². The van der Waals surface area contributed by atoms with Crippen molar-refractivity contribution in [1.29, 1.82) is 0 Å². The van der Waals surface area contributed by atoms with E-state index < -0.39 is 0 Å². The number of ketones is 1. The predicted molar refractivity (Wildman–Crippen MR) is 60.9 cm³/mol. The molecule has 0 amide bonds. The van der Waals surface area contributed by atoms with E-state index in [-0.39, 0.29) is 17.0 Å². The highest BCUT2D eigenvalue weighted by Gasteiger charge is 2.39. The smallest absolute Gasteiger partial charge is 0.170 e. The van der Waals surface area contributed by atoms with Gasteiger partial charge in [0.25, 0.3) is 0 Å². The zero-order valence-corrected chi connectivity index (χ0v) is 9.42. The summed E-state index contributed by atoms with van der Waals surface area (Å²) in [5, 5.41) is 3.21. The standard InChI is InChI=1S/C13H16FNO/c1-2-13(6-7-15-9-13)12(16)10-4-3-5-11(14)8-10/h3-5,8,15H,2,6-7,9H2,1H3. The van der Waals surface area contributed by atoms with Crippen LogP contribution in [-0.2, 0) is 0 Å². The van der Waals surface area contributed by atoms with Crippen molar-refractivity contribution in [2.45, 2.75) is 19.8 Å². The van der Waals surface area contributed by atoms with Gasteiger partial charge in [0.15, 0.2) is 5.78 Å². The molecule has 1 aliphatic rings. The van der Waals surface area contributed by atoms with Gasteiger partial charge in [0, 0.05) is 17.5 Å². The number of hydrogen-bond acceptors (Lipinski definition) is 2. The van der Waals surface area contributed by atoms with Crippen molar-refractivity contribution in [2.24, 2.45) is 5.41 Å². The molecule has 0 bridgehead atoms. The summed E-state index contributed by atoms with van der Waals surface area (Å²) < 4.78 is 13.1. The molecule has 1 atom stereocenters. The van der Waals surface area contributed by atoms with Crippen molar-refractivity contribution in [3.05, 3.63) is 35.6 Å². The van der Waals surface area contributed by atoms with Crippen molar-refractivity contribution in [3.8, 4) is 0 Å². The molecule has 1 saturated heterocycles. The fraction of sp³-hybridized carbons (Fsp3) is 0.462. The van der Waals surface area contributed by atoms with Crippen molar-refractivity contribution in [3.63, 3.8) is 0 Å². The summed E-state index contributed by atoms with van der Waals surface area (Å²) in [5.41, 5.74) is 0.166. The fourth-order valence-corrected chi connectivity index (χ4v) is 2.34. The first kappa shape index (κ1) is 11.3. The van der Waals surface area contributed by atoms with E-state index in [2.05, 4.69) is 5.32 Å². The van der Waals surface area contributed by atoms with Crippen LogP contribution >= 0.6 is 0 Å². The number of benzene rings is 1. The second kappa shape index (κ2) is 4.34. The van der Waals surface area contributed by atoms with Gasteiger partial charge >= 0.3 is 0 Å². The molecule has 1 aromatic rings. The van der Waals surface area contributed by atoms with Crippen LogP contribution in [-0.4, -0.2) is 18.9 Å². The number of hydrogen-bond donors (Lipinski definition) is 1. The maximum atomic E-state index is 13.1. The highest BCUT2D eigenvalue weighted by atomic mass is 19.1. The monoisotopic (exact) mass is 221 g/mol. The number of carbonyl (C=O) groups excluding carboxylic acids is 1. The maximum absolute atomic E-state index is 13.1. The van der Waals surface area contributed by atoms with Crippen LogP contribution < -0.4 is 5.32 Å². The quantitative estimate of drug-likeness (QED) is 0.794. The molecule has 1 N–H and O–H groups in total. The molecule has 16 heavy (non-hydrogen) atoms. The molecule has 2 nitrogen and oxygen atoms in total. The second-order valence-electron chi connectivity index (χ2n) is 4.40. The molecule has 3 heteroatoms. The highest BCUT2D eigenvalue weighted by Crippen LogP contribution is 2.33. The van der Waals surface area contributed by atoms with Crippen molar-refractivity contribution in [2.75, 3.05) is 13.1 Å². The minimum absolute atomic E-state index is 0.0690. The van der Waals surface area contributed by atoms with Gasteiger partial charge in [-0.25, -0.2) is 4.39 Å². The lowest BCUT2D eigenvalue weighted by Gasteiger charge is -2.24. The Labute approximate surface area is 94.9 Å². The first-order valence-corrected chi connectivity index (χ1v) is 5.69. The van der Waals surface area contributed by atoms with Crippen LogP contribution in [0.5, 0.6) is 0 Å². The van der Waals surface area contributed by atoms with E-state index in [1.165, 1.54) is 12.1 Å². The summed E-state index contributed by atoms with van der Waals surface area (Å²) >= 11 is 0. The highest BCUT2D eigenvalue weighted by molar-refractivity contribution is 6.00. The average molecular weight is 221 g/mol. The molecule has 0 spiro atoms. The lowest BCUT2D eigenvalue weighted by Crippen LogP contribution is -2.33. The summed E-state index contributed by atoms with van der Waals surface area (Å²) in [5.74, 6) is -0.275. The third-order valence-electron chi connectivity index (χ3n) is 3.49. The van der Waals surface area contributed by atoms with E-state index in [4.69, 9.17) is 0 Å². The molecule has 1 heterocycles. The largest absolute Gasteiger partial charge is 0.316 e. The van der Waals surface area contributed by atoms with E-state index in [0.29, 0.717) is 12.1 Å². The molecule has 0 saturated carbocycles. The molecule has 86 valence electrons. The summed E-state index contributed by atoms with van der Waals surface area (Å²) in [6.45, 7) is 3.60. The minimum Gasteiger partial charge on any atom is -0.316 e. The van der Waals surface area contributed by atoms with Crippen LogP contribution in [0.25, 0.3) is 0 Å². The number of nitrogens with one attached hydrogen (secondary N) is 1. The summed E-state index contributed by atoms with van der Waals surface area (Å²) in [4.78, 5) is 12.3. The molecule has 1 fully saturated rings. The van der Waals surface area contributed by atoms with Gasteiger partial charge in [0.1, 0.15) is 5.82 Å². The molecule has 0 radical (unpaired) electrons. The van der Waals surface area contributed by atoms with Gasteiger partial charge in [-0.05, 0) is 31.5 Å². The predicted octanol–water partition coefficient (Wildman–Crippen LogP) is 2.40. The third kappa shape index (κ3) is 1.87. The molecule has 1 aromatic carbocycles. The lowest BCUT2D eigenvalue weighted by molar-refractivity contribution is 0.0810. The van der Waals surface area contributed by atoms with Gasteiger partial charge in [-0.3, -0.25) is 4.79 Å². The van der Waals surface area contributed by atoms with Crippen molar-refractivity contribution >= 4 is 5.78 Å². The van der Waals surface area contributed by atoms with Crippen molar-refractivity contribution < 1.29 is 9.18 Å². The van der Waals surface area contributed by atoms with Gasteiger partial charge in [0.05, 0.1) is 0 Å². The van der Waals surface area contributed by atoms with Gasteiger partial charge in [-0.1, -0.05) is 19.1 Å². The van der Waals surface area contributed by atoms with Crippen LogP contribution in [0.1, 0.15) is 30.1 Å². The zero-order chi connectivity index (χ0) is 11.6. The Kier molecular flexibility index (Phi) is 3.06. The maximum Gasteiger partial charge on any atom is 0.170 e. The van der Waals surface area contributed by atoms with Gasteiger partial charge in [0.2, 0.25) is 0 Å². The normalized spacial score (nSPS) is 24.6. The second-order valence-corrected chi connectivity index (χ2v) is 4.40. The van der Waals surface area contributed by atoms with E-state index in [0.717, 1.165) is 19.4 Å². The topological polar surface area (TPSA) is 29.1 Å². The SMILES string of the molecule is CCC1(C(=O)c2cccc(F)c2)CCNC1. The van der Waals surface area contributed by atoms with E-state index >= 15 is 0 Å². The summed E-state index contributed by atoms with van der Waals surface area (Å²) in [6.07, 6.45) is 1.65. The van der Waals surface area contributed by atoms with Crippen LogP contribution in [0.3, 0.4) is 0 Å². The lowest BCUT2D eigenvalue weighted by atomic mass is 9.77. The summed E-state index contributed by atoms with van der Waals surface area (Å²) in [6, 6.07) is 5.98. The number of halogens is 1. The first-order chi connectivity index (χ1) is 7.68. The first-order valence-electron chi connectivity index (χ1n) is 5.69. The Balaban J connectivity index is 2.30. The zero-order valence-electron chi connectivity index (χ0n) is 9.42. The minimum atomic E-state index is -0.344. The Morgan fingerprint density at radius 3 is 2.94 bits per heavy atom. The van der Waals surface area contributed by atoms with Crippen molar-refractivity contribution in [1.82, 2.24) is 5.32 Å². The molecular weight excluding hydrogens is 205 g/mol.